The third-order valence-corrected chi connectivity index (χ3v) is 3.80. The molecule has 5 nitrogen and oxygen atoms in total. The van der Waals surface area contributed by atoms with Gasteiger partial charge in [0.2, 0.25) is 0 Å². The molecule has 1 aromatic carbocycles. The predicted octanol–water partition coefficient (Wildman–Crippen LogP) is 2.82. The molecule has 1 rings (SSSR count). The first-order valence-corrected chi connectivity index (χ1v) is 8.92. The zero-order valence-electron chi connectivity index (χ0n) is 15.5. The van der Waals surface area contributed by atoms with Crippen molar-refractivity contribution in [2.45, 2.75) is 45.8 Å². The highest BCUT2D eigenvalue weighted by Crippen LogP contribution is 2.15. The van der Waals surface area contributed by atoms with Crippen molar-refractivity contribution in [2.75, 3.05) is 33.3 Å². The number of rotatable bonds is 10. The Morgan fingerprint density at radius 3 is 2.62 bits per heavy atom. The van der Waals surface area contributed by atoms with Crippen LogP contribution >= 0.6 is 0 Å². The fraction of sp³-hybridized carbons (Fsp3) is 0.632. The average Bonchev–Trinajstić information content (AvgIpc) is 2.61. The van der Waals surface area contributed by atoms with Gasteiger partial charge in [0.05, 0.1) is 25.4 Å². The molecule has 0 radical (unpaired) electrons. The minimum absolute atomic E-state index is 0.0368. The van der Waals surface area contributed by atoms with Crippen molar-refractivity contribution < 1.29 is 9.84 Å². The number of unbranched alkanes of at least 4 members (excludes halogenated alkanes) is 1. The number of aliphatic hydroxyl groups excluding tert-OH is 1. The summed E-state index contributed by atoms with van der Waals surface area (Å²) in [6, 6.07) is 10.0. The third kappa shape index (κ3) is 7.79. The molecule has 2 unspecified atom stereocenters. The van der Waals surface area contributed by atoms with Crippen LogP contribution in [0.5, 0.6) is 0 Å². The molecule has 0 saturated heterocycles. The molecule has 0 aliphatic carbocycles. The van der Waals surface area contributed by atoms with E-state index < -0.39 is 6.10 Å². The van der Waals surface area contributed by atoms with Crippen LogP contribution in [0.2, 0.25) is 0 Å². The molecule has 0 amide bonds. The van der Waals surface area contributed by atoms with Crippen LogP contribution in [0.4, 0.5) is 0 Å². The number of aliphatic imine (C=N–C) groups is 1. The average molecular weight is 335 g/mol. The number of ether oxygens (including phenoxy) is 1. The van der Waals surface area contributed by atoms with Crippen LogP contribution in [0.25, 0.3) is 0 Å². The number of nitrogens with one attached hydrogen (secondary N) is 1. The van der Waals surface area contributed by atoms with Crippen molar-refractivity contribution in [3.05, 3.63) is 35.9 Å². The highest BCUT2D eigenvalue weighted by molar-refractivity contribution is 5.79. The summed E-state index contributed by atoms with van der Waals surface area (Å²) in [7, 11) is 2.03. The van der Waals surface area contributed by atoms with Gasteiger partial charge in [-0.3, -0.25) is 4.99 Å². The second-order valence-corrected chi connectivity index (χ2v) is 6.01. The smallest absolute Gasteiger partial charge is 0.193 e. The molecule has 0 spiro atoms. The van der Waals surface area contributed by atoms with Crippen LogP contribution in [-0.4, -0.2) is 55.4 Å². The monoisotopic (exact) mass is 335 g/mol. The maximum atomic E-state index is 10.1. The minimum Gasteiger partial charge on any atom is -0.389 e. The van der Waals surface area contributed by atoms with E-state index in [1.165, 1.54) is 0 Å². The Morgan fingerprint density at radius 1 is 1.29 bits per heavy atom. The lowest BCUT2D eigenvalue weighted by Crippen LogP contribution is -2.40. The van der Waals surface area contributed by atoms with Gasteiger partial charge in [-0.2, -0.15) is 0 Å². The third-order valence-electron chi connectivity index (χ3n) is 3.80. The molecule has 2 atom stereocenters. The Balaban J connectivity index is 2.44. The van der Waals surface area contributed by atoms with Gasteiger partial charge < -0.3 is 20.1 Å². The van der Waals surface area contributed by atoms with Gasteiger partial charge in [0, 0.05) is 20.1 Å². The number of hydrogen-bond acceptors (Lipinski definition) is 3. The fourth-order valence-corrected chi connectivity index (χ4v) is 2.29. The maximum Gasteiger partial charge on any atom is 0.193 e. The molecule has 0 aromatic heterocycles. The van der Waals surface area contributed by atoms with E-state index in [9.17, 15) is 5.11 Å². The minimum atomic E-state index is -0.607. The van der Waals surface area contributed by atoms with Gasteiger partial charge in [-0.15, -0.1) is 0 Å². The van der Waals surface area contributed by atoms with Crippen LogP contribution in [0.15, 0.2) is 35.3 Å². The Bertz CT molecular complexity index is 465. The van der Waals surface area contributed by atoms with Crippen molar-refractivity contribution in [3.8, 4) is 0 Å². The maximum absolute atomic E-state index is 10.1. The van der Waals surface area contributed by atoms with E-state index in [1.807, 2.05) is 51.2 Å². The fourth-order valence-electron chi connectivity index (χ4n) is 2.29. The quantitative estimate of drug-likeness (QED) is 0.510. The Labute approximate surface area is 146 Å². The number of benzene rings is 1. The summed E-state index contributed by atoms with van der Waals surface area (Å²) in [5.41, 5.74) is 1.11. The lowest BCUT2D eigenvalue weighted by molar-refractivity contribution is 0.00106. The van der Waals surface area contributed by atoms with Crippen LogP contribution in [0.3, 0.4) is 0 Å². The number of aliphatic hydroxyl groups is 1. The first-order chi connectivity index (χ1) is 11.6. The molecular weight excluding hydrogens is 302 g/mol. The van der Waals surface area contributed by atoms with Crippen LogP contribution in [0, 0.1) is 0 Å². The zero-order valence-corrected chi connectivity index (χ0v) is 15.5. The van der Waals surface area contributed by atoms with E-state index in [2.05, 4.69) is 22.1 Å². The summed E-state index contributed by atoms with van der Waals surface area (Å²) in [6.07, 6.45) is 1.63. The molecule has 0 aliphatic rings. The Morgan fingerprint density at radius 2 is 2.00 bits per heavy atom. The highest BCUT2D eigenvalue weighted by Gasteiger charge is 2.11. The Hall–Kier alpha value is -1.59. The second kappa shape index (κ2) is 11.9. The van der Waals surface area contributed by atoms with Gasteiger partial charge in [0.1, 0.15) is 0 Å². The molecule has 2 N–H and O–H groups in total. The van der Waals surface area contributed by atoms with Crippen LogP contribution in [0.1, 0.15) is 45.3 Å². The molecular formula is C19H33N3O2. The van der Waals surface area contributed by atoms with E-state index in [4.69, 9.17) is 4.74 Å². The lowest BCUT2D eigenvalue weighted by atomic mass is 10.1. The van der Waals surface area contributed by atoms with E-state index in [0.717, 1.165) is 37.5 Å². The highest BCUT2D eigenvalue weighted by atomic mass is 16.5. The van der Waals surface area contributed by atoms with E-state index in [0.29, 0.717) is 6.54 Å². The van der Waals surface area contributed by atoms with Crippen molar-refractivity contribution in [1.29, 1.82) is 0 Å². The van der Waals surface area contributed by atoms with Crippen molar-refractivity contribution in [1.82, 2.24) is 10.2 Å². The van der Waals surface area contributed by atoms with Gasteiger partial charge in [-0.1, -0.05) is 43.7 Å². The first kappa shape index (κ1) is 20.5. The molecule has 1 aromatic rings. The molecule has 0 bridgehead atoms. The van der Waals surface area contributed by atoms with Gasteiger partial charge in [-0.05, 0) is 25.8 Å². The Kier molecular flexibility index (Phi) is 10.1. The first-order valence-electron chi connectivity index (χ1n) is 8.92. The molecule has 0 aliphatic heterocycles. The van der Waals surface area contributed by atoms with Crippen molar-refractivity contribution >= 4 is 5.96 Å². The normalized spacial score (nSPS) is 14.3. The molecule has 0 saturated carbocycles. The molecule has 136 valence electrons. The number of hydrogen-bond donors (Lipinski definition) is 2. The zero-order chi connectivity index (χ0) is 17.8. The van der Waals surface area contributed by atoms with Crippen LogP contribution < -0.4 is 5.32 Å². The molecule has 0 heterocycles. The summed E-state index contributed by atoms with van der Waals surface area (Å²) >= 11 is 0. The summed E-state index contributed by atoms with van der Waals surface area (Å²) in [5, 5.41) is 13.4. The molecule has 0 fully saturated rings. The van der Waals surface area contributed by atoms with E-state index >= 15 is 0 Å². The van der Waals surface area contributed by atoms with Crippen molar-refractivity contribution in [2.24, 2.45) is 4.99 Å². The largest absolute Gasteiger partial charge is 0.389 e. The summed E-state index contributed by atoms with van der Waals surface area (Å²) < 4.78 is 5.75. The molecule has 24 heavy (non-hydrogen) atoms. The summed E-state index contributed by atoms with van der Waals surface area (Å²) in [5.74, 6) is 0.834. The van der Waals surface area contributed by atoms with Gasteiger partial charge in [0.15, 0.2) is 5.96 Å². The van der Waals surface area contributed by atoms with E-state index in [-0.39, 0.29) is 12.7 Å². The number of guanidine groups is 1. The standard InChI is InChI=1S/C19H33N3O2/c1-5-7-13-22(4)19(20-6-2)21-14-18(23)15-24-16(3)17-11-9-8-10-12-17/h8-12,16,18,23H,5-7,13-15H2,1-4H3,(H,20,21). The second-order valence-electron chi connectivity index (χ2n) is 6.01. The topological polar surface area (TPSA) is 57.1 Å². The van der Waals surface area contributed by atoms with Crippen LogP contribution in [-0.2, 0) is 4.74 Å². The predicted molar refractivity (Wildman–Crippen MR) is 100 cm³/mol. The van der Waals surface area contributed by atoms with Gasteiger partial charge >= 0.3 is 0 Å². The summed E-state index contributed by atoms with van der Waals surface area (Å²) in [6.45, 7) is 8.59. The summed E-state index contributed by atoms with van der Waals surface area (Å²) in [4.78, 5) is 6.62. The molecule has 5 heteroatoms. The van der Waals surface area contributed by atoms with E-state index in [1.54, 1.807) is 0 Å². The van der Waals surface area contributed by atoms with Gasteiger partial charge in [-0.25, -0.2) is 0 Å². The van der Waals surface area contributed by atoms with Crippen molar-refractivity contribution in [3.63, 3.8) is 0 Å². The number of nitrogens with zero attached hydrogens (tertiary/aromatic N) is 2. The van der Waals surface area contributed by atoms with Gasteiger partial charge in [0.25, 0.3) is 0 Å². The lowest BCUT2D eigenvalue weighted by Gasteiger charge is -2.22. The SMILES string of the molecule is CCCCN(C)C(=NCC(O)COC(C)c1ccccc1)NCC.